The molecule has 0 saturated carbocycles. The molecule has 0 aliphatic carbocycles. The number of nitrogens with one attached hydrogen (secondary N) is 1. The van der Waals surface area contributed by atoms with E-state index in [2.05, 4.69) is 5.32 Å². The van der Waals surface area contributed by atoms with E-state index in [1.54, 1.807) is 6.29 Å². The highest BCUT2D eigenvalue weighted by Crippen LogP contribution is 2.02. The van der Waals surface area contributed by atoms with Gasteiger partial charge in [-0.25, -0.2) is 4.79 Å². The fraction of sp³-hybridized carbons (Fsp3) is 0.385. The van der Waals surface area contributed by atoms with Crippen molar-refractivity contribution in [3.63, 3.8) is 0 Å². The number of carbonyl (C=O) groups excluding carboxylic acids is 2. The molecule has 1 aromatic rings. The van der Waals surface area contributed by atoms with Crippen LogP contribution in [0.1, 0.15) is 19.4 Å². The number of benzene rings is 1. The number of hydrogen-bond donors (Lipinski definition) is 1. The lowest BCUT2D eigenvalue weighted by molar-refractivity contribution is 0.136. The minimum absolute atomic E-state index is 0.00299. The standard InChI is InChI=1S/C13H16NO3/c1-10(2)12(8-15)14-13(16)17-9-11-6-4-3-5-7-11/h3-7,10,12H,9H2,1-2H3,(H,14,16). The predicted octanol–water partition coefficient (Wildman–Crippen LogP) is 2.05. The van der Waals surface area contributed by atoms with Crippen molar-refractivity contribution in [2.24, 2.45) is 5.92 Å². The minimum atomic E-state index is -0.627. The normalized spacial score (nSPS) is 11.9. The highest BCUT2D eigenvalue weighted by atomic mass is 16.5. The summed E-state index contributed by atoms with van der Waals surface area (Å²) in [7, 11) is 0. The van der Waals surface area contributed by atoms with Gasteiger partial charge in [0.15, 0.2) is 0 Å². The molecule has 17 heavy (non-hydrogen) atoms. The summed E-state index contributed by atoms with van der Waals surface area (Å²) in [5.41, 5.74) is 0.902. The van der Waals surface area contributed by atoms with Crippen molar-refractivity contribution in [3.8, 4) is 0 Å². The first-order chi connectivity index (χ1) is 8.13. The average Bonchev–Trinajstić information content (AvgIpc) is 2.34. The molecular formula is C13H16NO3. The van der Waals surface area contributed by atoms with Crippen LogP contribution >= 0.6 is 0 Å². The second kappa shape index (κ2) is 6.68. The molecule has 0 heterocycles. The van der Waals surface area contributed by atoms with Crippen molar-refractivity contribution in [3.05, 3.63) is 35.9 Å². The topological polar surface area (TPSA) is 55.4 Å². The van der Waals surface area contributed by atoms with Crippen LogP contribution in [0.25, 0.3) is 0 Å². The predicted molar refractivity (Wildman–Crippen MR) is 64.1 cm³/mol. The highest BCUT2D eigenvalue weighted by molar-refractivity contribution is 5.73. The van der Waals surface area contributed by atoms with Crippen molar-refractivity contribution < 1.29 is 14.3 Å². The highest BCUT2D eigenvalue weighted by Gasteiger charge is 2.16. The summed E-state index contributed by atoms with van der Waals surface area (Å²) in [6.07, 6.45) is 1.17. The van der Waals surface area contributed by atoms with E-state index in [-0.39, 0.29) is 12.5 Å². The van der Waals surface area contributed by atoms with Crippen molar-refractivity contribution >= 4 is 12.4 Å². The van der Waals surface area contributed by atoms with Crippen LogP contribution in [0.15, 0.2) is 30.3 Å². The van der Waals surface area contributed by atoms with E-state index in [4.69, 9.17) is 4.74 Å². The molecule has 1 N–H and O–H groups in total. The van der Waals surface area contributed by atoms with Gasteiger partial charge < -0.3 is 10.1 Å². The Balaban J connectivity index is 2.37. The molecule has 4 heteroatoms. The van der Waals surface area contributed by atoms with Gasteiger partial charge in [-0.2, -0.15) is 0 Å². The molecular weight excluding hydrogens is 218 g/mol. The third-order valence-electron chi connectivity index (χ3n) is 2.28. The molecule has 0 aliphatic rings. The Morgan fingerprint density at radius 3 is 2.53 bits per heavy atom. The molecule has 1 rings (SSSR count). The van der Waals surface area contributed by atoms with Crippen LogP contribution in [0.4, 0.5) is 4.79 Å². The number of carbonyl (C=O) groups is 1. The third-order valence-corrected chi connectivity index (χ3v) is 2.28. The first-order valence-electron chi connectivity index (χ1n) is 5.48. The van der Waals surface area contributed by atoms with Gasteiger partial charge in [-0.1, -0.05) is 44.2 Å². The fourth-order valence-corrected chi connectivity index (χ4v) is 1.22. The molecule has 1 aromatic carbocycles. The van der Waals surface area contributed by atoms with Crippen LogP contribution < -0.4 is 5.32 Å². The zero-order chi connectivity index (χ0) is 12.7. The second-order valence-electron chi connectivity index (χ2n) is 4.05. The molecule has 0 bridgehead atoms. The number of alkyl carbamates (subject to hydrolysis) is 1. The van der Waals surface area contributed by atoms with Crippen LogP contribution in [-0.2, 0) is 16.1 Å². The maximum absolute atomic E-state index is 11.4. The Labute approximate surface area is 101 Å². The van der Waals surface area contributed by atoms with Gasteiger partial charge in [0.1, 0.15) is 12.6 Å². The van der Waals surface area contributed by atoms with Gasteiger partial charge in [-0.3, -0.25) is 4.79 Å². The maximum atomic E-state index is 11.4. The molecule has 1 radical (unpaired) electrons. The van der Waals surface area contributed by atoms with Gasteiger partial charge in [-0.05, 0) is 11.5 Å². The molecule has 0 fully saturated rings. The van der Waals surface area contributed by atoms with E-state index in [0.29, 0.717) is 0 Å². The SMILES string of the molecule is CC(C)C([C]=O)NC(=O)OCc1ccccc1. The van der Waals surface area contributed by atoms with Crippen LogP contribution in [0.5, 0.6) is 0 Å². The summed E-state index contributed by atoms with van der Waals surface area (Å²) in [6.45, 7) is 3.84. The van der Waals surface area contributed by atoms with E-state index in [1.807, 2.05) is 44.2 Å². The summed E-state index contributed by atoms with van der Waals surface area (Å²) >= 11 is 0. The fourth-order valence-electron chi connectivity index (χ4n) is 1.22. The maximum Gasteiger partial charge on any atom is 0.408 e. The molecule has 0 spiro atoms. The van der Waals surface area contributed by atoms with Crippen molar-refractivity contribution in [2.75, 3.05) is 0 Å². The Morgan fingerprint density at radius 1 is 1.35 bits per heavy atom. The van der Waals surface area contributed by atoms with Crippen LogP contribution in [0, 0.1) is 5.92 Å². The van der Waals surface area contributed by atoms with Crippen LogP contribution in [-0.4, -0.2) is 18.4 Å². The Morgan fingerprint density at radius 2 is 2.00 bits per heavy atom. The monoisotopic (exact) mass is 234 g/mol. The van der Waals surface area contributed by atoms with Crippen molar-refractivity contribution in [2.45, 2.75) is 26.5 Å². The third kappa shape index (κ3) is 4.68. The molecule has 0 aliphatic heterocycles. The lowest BCUT2D eigenvalue weighted by Crippen LogP contribution is -2.39. The van der Waals surface area contributed by atoms with E-state index in [0.717, 1.165) is 5.56 Å². The van der Waals surface area contributed by atoms with Crippen LogP contribution in [0.2, 0.25) is 0 Å². The lowest BCUT2D eigenvalue weighted by Gasteiger charge is -2.15. The largest absolute Gasteiger partial charge is 0.445 e. The summed E-state index contributed by atoms with van der Waals surface area (Å²) < 4.78 is 4.98. The smallest absolute Gasteiger partial charge is 0.408 e. The molecule has 0 saturated heterocycles. The Kier molecular flexibility index (Phi) is 5.20. The van der Waals surface area contributed by atoms with Crippen LogP contribution in [0.3, 0.4) is 0 Å². The quantitative estimate of drug-likeness (QED) is 0.848. The first kappa shape index (κ1) is 13.2. The van der Waals surface area contributed by atoms with Gasteiger partial charge >= 0.3 is 6.09 Å². The van der Waals surface area contributed by atoms with E-state index in [1.165, 1.54) is 0 Å². The summed E-state index contributed by atoms with van der Waals surface area (Å²) in [6, 6.07) is 8.72. The number of hydrogen-bond acceptors (Lipinski definition) is 3. The summed E-state index contributed by atoms with van der Waals surface area (Å²) in [5.74, 6) is -0.00299. The number of ether oxygens (including phenoxy) is 1. The summed E-state index contributed by atoms with van der Waals surface area (Å²) in [4.78, 5) is 21.9. The minimum Gasteiger partial charge on any atom is -0.445 e. The molecule has 91 valence electrons. The van der Waals surface area contributed by atoms with Crippen molar-refractivity contribution in [1.29, 1.82) is 0 Å². The van der Waals surface area contributed by atoms with E-state index < -0.39 is 12.1 Å². The Hall–Kier alpha value is -1.84. The molecule has 1 atom stereocenters. The average molecular weight is 234 g/mol. The number of amides is 1. The molecule has 1 amide bonds. The molecule has 1 unspecified atom stereocenters. The van der Waals surface area contributed by atoms with Gasteiger partial charge in [0.2, 0.25) is 6.29 Å². The van der Waals surface area contributed by atoms with Crippen molar-refractivity contribution in [1.82, 2.24) is 5.32 Å². The first-order valence-corrected chi connectivity index (χ1v) is 5.48. The van der Waals surface area contributed by atoms with E-state index in [9.17, 15) is 9.59 Å². The molecule has 0 aromatic heterocycles. The summed E-state index contributed by atoms with van der Waals surface area (Å²) in [5, 5.41) is 2.45. The zero-order valence-electron chi connectivity index (χ0n) is 9.97. The van der Waals surface area contributed by atoms with Gasteiger partial charge in [0, 0.05) is 0 Å². The second-order valence-corrected chi connectivity index (χ2v) is 4.05. The lowest BCUT2D eigenvalue weighted by atomic mass is 10.1. The zero-order valence-corrected chi connectivity index (χ0v) is 9.97. The van der Waals surface area contributed by atoms with Gasteiger partial charge in [0.05, 0.1) is 0 Å². The van der Waals surface area contributed by atoms with Gasteiger partial charge in [0.25, 0.3) is 0 Å². The van der Waals surface area contributed by atoms with E-state index >= 15 is 0 Å². The Bertz CT molecular complexity index is 362. The van der Waals surface area contributed by atoms with Gasteiger partial charge in [-0.15, -0.1) is 0 Å². The number of rotatable bonds is 5. The molecule has 4 nitrogen and oxygen atoms in total.